The van der Waals surface area contributed by atoms with Crippen molar-refractivity contribution in [2.24, 2.45) is 11.8 Å². The van der Waals surface area contributed by atoms with Gasteiger partial charge < -0.3 is 4.74 Å². The first-order valence-electron chi connectivity index (χ1n) is 7.99. The number of fused-ring (bicyclic) bond motifs is 1. The largest absolute Gasteiger partial charge is 0.486 e. The van der Waals surface area contributed by atoms with Gasteiger partial charge in [0.1, 0.15) is 17.2 Å². The van der Waals surface area contributed by atoms with Crippen LogP contribution in [0.15, 0.2) is 18.2 Å². The summed E-state index contributed by atoms with van der Waals surface area (Å²) in [5, 5.41) is 0. The van der Waals surface area contributed by atoms with Crippen molar-refractivity contribution in [1.82, 2.24) is 0 Å². The lowest BCUT2D eigenvalue weighted by molar-refractivity contribution is -0.00694. The molecule has 1 spiro atoms. The molecule has 0 aromatic heterocycles. The molecule has 2 atom stereocenters. The molecule has 3 heteroatoms. The lowest BCUT2D eigenvalue weighted by atomic mass is 9.71. The van der Waals surface area contributed by atoms with E-state index in [-0.39, 0.29) is 17.2 Å². The molecule has 2 aliphatic rings. The maximum Gasteiger partial charge on any atom is 0.170 e. The third-order valence-corrected chi connectivity index (χ3v) is 4.76. The van der Waals surface area contributed by atoms with E-state index in [9.17, 15) is 9.18 Å². The lowest BCUT2D eigenvalue weighted by Crippen LogP contribution is -2.46. The van der Waals surface area contributed by atoms with Crippen molar-refractivity contribution < 1.29 is 13.9 Å². The Hall–Kier alpha value is -1.38. The monoisotopic (exact) mass is 290 g/mol. The molecular formula is C18H23FO2. The summed E-state index contributed by atoms with van der Waals surface area (Å²) in [6.07, 6.45) is 5.82. The molecule has 2 unspecified atom stereocenters. The quantitative estimate of drug-likeness (QED) is 0.784. The lowest BCUT2D eigenvalue weighted by Gasteiger charge is -2.43. The second kappa shape index (κ2) is 5.43. The molecule has 0 radical (unpaired) electrons. The minimum Gasteiger partial charge on any atom is -0.486 e. The summed E-state index contributed by atoms with van der Waals surface area (Å²) in [7, 11) is 0. The molecule has 1 aromatic carbocycles. The molecule has 1 heterocycles. The number of carbonyl (C=O) groups excluding carboxylic acids is 1. The second-order valence-electron chi connectivity index (χ2n) is 7.12. The van der Waals surface area contributed by atoms with Gasteiger partial charge in [-0.05, 0) is 55.7 Å². The molecule has 0 bridgehead atoms. The standard InChI is InChI=1S/C18H23FO2/c1-12(2)8-13-4-3-7-18(10-13)11-16(20)15-9-14(19)5-6-17(15)21-18/h5-6,9,12-13H,3-4,7-8,10-11H2,1-2H3. The first kappa shape index (κ1) is 14.6. The van der Waals surface area contributed by atoms with Crippen molar-refractivity contribution in [3.05, 3.63) is 29.6 Å². The van der Waals surface area contributed by atoms with Crippen molar-refractivity contribution >= 4 is 5.78 Å². The molecule has 21 heavy (non-hydrogen) atoms. The van der Waals surface area contributed by atoms with Gasteiger partial charge in [0.2, 0.25) is 0 Å². The van der Waals surface area contributed by atoms with Gasteiger partial charge in [-0.3, -0.25) is 4.79 Å². The normalized spacial score (nSPS) is 28.6. The zero-order valence-corrected chi connectivity index (χ0v) is 12.8. The topological polar surface area (TPSA) is 26.3 Å². The molecular weight excluding hydrogens is 267 g/mol. The third kappa shape index (κ3) is 2.97. The molecule has 1 aliphatic carbocycles. The fourth-order valence-corrected chi connectivity index (χ4v) is 4.03. The molecule has 1 aliphatic heterocycles. The summed E-state index contributed by atoms with van der Waals surface area (Å²) in [6.45, 7) is 4.48. The van der Waals surface area contributed by atoms with Crippen LogP contribution in [0.2, 0.25) is 0 Å². The highest BCUT2D eigenvalue weighted by molar-refractivity contribution is 6.00. The van der Waals surface area contributed by atoms with E-state index in [1.54, 1.807) is 6.07 Å². The molecule has 1 aromatic rings. The van der Waals surface area contributed by atoms with E-state index in [0.29, 0.717) is 29.6 Å². The summed E-state index contributed by atoms with van der Waals surface area (Å²) >= 11 is 0. The van der Waals surface area contributed by atoms with Crippen LogP contribution < -0.4 is 4.74 Å². The smallest absolute Gasteiger partial charge is 0.170 e. The number of Topliss-reactive ketones (excluding diaryl/α,β-unsaturated/α-hetero) is 1. The van der Waals surface area contributed by atoms with E-state index in [2.05, 4.69) is 13.8 Å². The summed E-state index contributed by atoms with van der Waals surface area (Å²) in [6, 6.07) is 4.29. The van der Waals surface area contributed by atoms with Gasteiger partial charge in [0.25, 0.3) is 0 Å². The number of hydrogen-bond acceptors (Lipinski definition) is 2. The van der Waals surface area contributed by atoms with E-state index in [0.717, 1.165) is 19.3 Å². The first-order chi connectivity index (χ1) is 9.97. The van der Waals surface area contributed by atoms with Crippen molar-refractivity contribution in [2.45, 2.75) is 58.0 Å². The van der Waals surface area contributed by atoms with Crippen LogP contribution in [-0.2, 0) is 0 Å². The molecule has 0 saturated heterocycles. The Morgan fingerprint density at radius 3 is 3.00 bits per heavy atom. The zero-order valence-electron chi connectivity index (χ0n) is 12.8. The summed E-state index contributed by atoms with van der Waals surface area (Å²) < 4.78 is 19.5. The third-order valence-electron chi connectivity index (χ3n) is 4.76. The van der Waals surface area contributed by atoms with Crippen LogP contribution in [0.25, 0.3) is 0 Å². The maximum atomic E-state index is 13.3. The average Bonchev–Trinajstić information content (AvgIpc) is 2.39. The van der Waals surface area contributed by atoms with E-state index in [1.807, 2.05) is 0 Å². The summed E-state index contributed by atoms with van der Waals surface area (Å²) in [4.78, 5) is 12.4. The second-order valence-corrected chi connectivity index (χ2v) is 7.12. The highest BCUT2D eigenvalue weighted by Gasteiger charge is 2.44. The molecule has 3 rings (SSSR count). The summed E-state index contributed by atoms with van der Waals surface area (Å²) in [5.74, 6) is 1.53. The van der Waals surface area contributed by atoms with Gasteiger partial charge in [-0.15, -0.1) is 0 Å². The van der Waals surface area contributed by atoms with Crippen LogP contribution in [0.1, 0.15) is 62.7 Å². The molecule has 2 nitrogen and oxygen atoms in total. The van der Waals surface area contributed by atoms with Crippen LogP contribution in [0, 0.1) is 17.7 Å². The Labute approximate surface area is 125 Å². The van der Waals surface area contributed by atoms with Crippen molar-refractivity contribution in [1.29, 1.82) is 0 Å². The Bertz CT molecular complexity index is 552. The molecule has 114 valence electrons. The zero-order chi connectivity index (χ0) is 15.0. The minimum absolute atomic E-state index is 0.0287. The predicted molar refractivity (Wildman–Crippen MR) is 80.1 cm³/mol. The number of benzene rings is 1. The first-order valence-corrected chi connectivity index (χ1v) is 7.99. The highest BCUT2D eigenvalue weighted by atomic mass is 19.1. The SMILES string of the molecule is CC(C)CC1CCCC2(CC(=O)c3cc(F)ccc3O2)C1. The van der Waals surface area contributed by atoms with Gasteiger partial charge in [0.05, 0.1) is 12.0 Å². The van der Waals surface area contributed by atoms with Gasteiger partial charge in [-0.2, -0.15) is 0 Å². The van der Waals surface area contributed by atoms with Crippen LogP contribution in [-0.4, -0.2) is 11.4 Å². The number of rotatable bonds is 2. The number of hydrogen-bond donors (Lipinski definition) is 0. The molecule has 0 amide bonds. The number of carbonyl (C=O) groups is 1. The Balaban J connectivity index is 1.83. The van der Waals surface area contributed by atoms with Gasteiger partial charge in [-0.1, -0.05) is 20.3 Å². The molecule has 1 fully saturated rings. The van der Waals surface area contributed by atoms with E-state index in [4.69, 9.17) is 4.74 Å². The van der Waals surface area contributed by atoms with Gasteiger partial charge >= 0.3 is 0 Å². The van der Waals surface area contributed by atoms with Gasteiger partial charge in [0.15, 0.2) is 5.78 Å². The van der Waals surface area contributed by atoms with E-state index in [1.165, 1.54) is 25.0 Å². The predicted octanol–water partition coefficient (Wildman–Crippen LogP) is 4.77. The Morgan fingerprint density at radius 2 is 2.24 bits per heavy atom. The fourth-order valence-electron chi connectivity index (χ4n) is 4.03. The van der Waals surface area contributed by atoms with Crippen LogP contribution in [0.5, 0.6) is 5.75 Å². The number of ketones is 1. The Morgan fingerprint density at radius 1 is 1.43 bits per heavy atom. The van der Waals surface area contributed by atoms with Crippen LogP contribution in [0.4, 0.5) is 4.39 Å². The van der Waals surface area contributed by atoms with Crippen molar-refractivity contribution in [2.75, 3.05) is 0 Å². The molecule has 1 saturated carbocycles. The fraction of sp³-hybridized carbons (Fsp3) is 0.611. The van der Waals surface area contributed by atoms with E-state index >= 15 is 0 Å². The van der Waals surface area contributed by atoms with Crippen molar-refractivity contribution in [3.63, 3.8) is 0 Å². The van der Waals surface area contributed by atoms with Crippen LogP contribution >= 0.6 is 0 Å². The maximum absolute atomic E-state index is 13.3. The Kier molecular flexibility index (Phi) is 3.76. The summed E-state index contributed by atoms with van der Waals surface area (Å²) in [5.41, 5.74) is 0.0614. The molecule has 0 N–H and O–H groups in total. The number of ether oxygens (including phenoxy) is 1. The number of halogens is 1. The minimum atomic E-state index is -0.372. The van der Waals surface area contributed by atoms with Gasteiger partial charge in [-0.25, -0.2) is 4.39 Å². The van der Waals surface area contributed by atoms with Crippen LogP contribution in [0.3, 0.4) is 0 Å². The highest BCUT2D eigenvalue weighted by Crippen LogP contribution is 2.45. The van der Waals surface area contributed by atoms with E-state index < -0.39 is 0 Å². The average molecular weight is 290 g/mol. The van der Waals surface area contributed by atoms with Gasteiger partial charge in [0, 0.05) is 0 Å². The van der Waals surface area contributed by atoms with Crippen molar-refractivity contribution in [3.8, 4) is 5.75 Å².